The van der Waals surface area contributed by atoms with Crippen molar-refractivity contribution in [3.05, 3.63) is 52.0 Å². The molecule has 1 aliphatic rings. The lowest BCUT2D eigenvalue weighted by molar-refractivity contribution is -0.144. The second-order valence-electron chi connectivity index (χ2n) is 9.75. The van der Waals surface area contributed by atoms with E-state index in [4.69, 9.17) is 9.47 Å². The fourth-order valence-electron chi connectivity index (χ4n) is 4.87. The molecule has 7 nitrogen and oxygen atoms in total. The minimum absolute atomic E-state index is 0.0796. The highest BCUT2D eigenvalue weighted by molar-refractivity contribution is 7.18. The Morgan fingerprint density at radius 3 is 2.38 bits per heavy atom. The van der Waals surface area contributed by atoms with Crippen LogP contribution in [0.3, 0.4) is 0 Å². The summed E-state index contributed by atoms with van der Waals surface area (Å²) in [4.78, 5) is 31.7. The zero-order chi connectivity index (χ0) is 26.7. The zero-order valence-corrected chi connectivity index (χ0v) is 21.9. The van der Waals surface area contributed by atoms with Crippen molar-refractivity contribution in [1.82, 2.24) is 9.88 Å². The van der Waals surface area contributed by atoms with Crippen molar-refractivity contribution in [1.29, 1.82) is 0 Å². The molecule has 0 aliphatic heterocycles. The van der Waals surface area contributed by atoms with Crippen LogP contribution in [-0.2, 0) is 28.9 Å². The van der Waals surface area contributed by atoms with Crippen LogP contribution >= 0.6 is 11.3 Å². The van der Waals surface area contributed by atoms with E-state index in [1.54, 1.807) is 7.11 Å². The molecule has 0 spiro atoms. The van der Waals surface area contributed by atoms with Crippen LogP contribution in [0, 0.1) is 17.0 Å². The summed E-state index contributed by atoms with van der Waals surface area (Å²) in [5.74, 6) is -2.15. The highest BCUT2D eigenvalue weighted by atomic mass is 32.1. The third kappa shape index (κ3) is 6.07. The first-order chi connectivity index (χ1) is 17.6. The number of methoxy groups -OCH3 is 1. The molecule has 0 unspecified atom stereocenters. The van der Waals surface area contributed by atoms with Gasteiger partial charge in [-0.2, -0.15) is 0 Å². The van der Waals surface area contributed by atoms with E-state index in [1.165, 1.54) is 11.3 Å². The number of ether oxygens (including phenoxy) is 2. The predicted molar refractivity (Wildman–Crippen MR) is 137 cm³/mol. The van der Waals surface area contributed by atoms with Gasteiger partial charge in [-0.05, 0) is 56.6 Å². The van der Waals surface area contributed by atoms with Crippen molar-refractivity contribution < 1.29 is 33.0 Å². The Balaban J connectivity index is 1.48. The lowest BCUT2D eigenvalue weighted by Crippen LogP contribution is -2.35. The second kappa shape index (κ2) is 11.1. The van der Waals surface area contributed by atoms with Gasteiger partial charge in [0, 0.05) is 36.9 Å². The molecule has 10 heteroatoms. The molecular formula is C27H30F2N2O5S. The van der Waals surface area contributed by atoms with E-state index in [9.17, 15) is 23.5 Å². The third-order valence-corrected chi connectivity index (χ3v) is 7.75. The zero-order valence-electron chi connectivity index (χ0n) is 21.1. The third-order valence-electron chi connectivity index (χ3n) is 6.67. The number of carbonyl (C=O) groups is 2. The number of nitrogens with zero attached hydrogens (tertiary/aromatic N) is 2. The number of benzene rings is 2. The van der Waals surface area contributed by atoms with E-state index < -0.39 is 29.4 Å². The van der Waals surface area contributed by atoms with Gasteiger partial charge in [-0.25, -0.2) is 13.8 Å². The van der Waals surface area contributed by atoms with Crippen LogP contribution in [0.1, 0.15) is 35.4 Å². The highest BCUT2D eigenvalue weighted by Crippen LogP contribution is 2.43. The number of aromatic nitrogens is 1. The average Bonchev–Trinajstić information content (AvgIpc) is 3.39. The van der Waals surface area contributed by atoms with Crippen LogP contribution in [0.4, 0.5) is 8.78 Å². The van der Waals surface area contributed by atoms with Gasteiger partial charge in [0.2, 0.25) is 0 Å². The number of hydrogen-bond donors (Lipinski definition) is 1. The fraction of sp³-hybridized carbons (Fsp3) is 0.444. The number of aliphatic carboxylic acids is 1. The van der Waals surface area contributed by atoms with E-state index in [0.717, 1.165) is 40.3 Å². The van der Waals surface area contributed by atoms with Crippen LogP contribution < -0.4 is 9.47 Å². The number of rotatable bonds is 12. The standard InChI is InChI=1S/C27H30F2N2O5S/c1-31(2)7-4-8-36-22-11-20-23(12-21(22)35-3)37-25(30-20)6-5-24(32)27(15-26(33)34)13-16-9-18(28)19(29)10-17(16)14-27/h9-12H,4-8,13-15H2,1-3H3,(H,33,34). The van der Waals surface area contributed by atoms with Crippen LogP contribution in [-0.4, -0.2) is 61.1 Å². The maximum absolute atomic E-state index is 13.8. The van der Waals surface area contributed by atoms with Gasteiger partial charge in [0.15, 0.2) is 23.1 Å². The van der Waals surface area contributed by atoms with Crippen molar-refractivity contribution in [3.8, 4) is 11.5 Å². The molecule has 0 saturated heterocycles. The SMILES string of the molecule is COc1cc2sc(CCC(=O)C3(CC(=O)O)Cc4cc(F)c(F)cc4C3)nc2cc1OCCCN(C)C. The minimum atomic E-state index is -1.22. The Kier molecular flexibility index (Phi) is 8.08. The van der Waals surface area contributed by atoms with Gasteiger partial charge in [-0.3, -0.25) is 9.59 Å². The first kappa shape index (κ1) is 26.9. The molecule has 0 saturated carbocycles. The van der Waals surface area contributed by atoms with E-state index in [0.29, 0.717) is 35.7 Å². The molecule has 4 rings (SSSR count). The number of thiazole rings is 1. The molecule has 2 aromatic carbocycles. The van der Waals surface area contributed by atoms with E-state index in [-0.39, 0.29) is 25.0 Å². The molecule has 1 aliphatic carbocycles. The van der Waals surface area contributed by atoms with Crippen molar-refractivity contribution in [2.75, 3.05) is 34.4 Å². The number of halogens is 2. The van der Waals surface area contributed by atoms with Gasteiger partial charge in [0.1, 0.15) is 5.78 Å². The maximum Gasteiger partial charge on any atom is 0.304 e. The molecule has 0 atom stereocenters. The van der Waals surface area contributed by atoms with Crippen molar-refractivity contribution in [2.24, 2.45) is 5.41 Å². The number of Topliss-reactive ketones (excluding diaryl/α,β-unsaturated/α-hetero) is 1. The van der Waals surface area contributed by atoms with E-state index >= 15 is 0 Å². The molecule has 1 N–H and O–H groups in total. The summed E-state index contributed by atoms with van der Waals surface area (Å²) in [7, 11) is 5.58. The largest absolute Gasteiger partial charge is 0.493 e. The fourth-order valence-corrected chi connectivity index (χ4v) is 5.85. The summed E-state index contributed by atoms with van der Waals surface area (Å²) in [6, 6.07) is 5.84. The summed E-state index contributed by atoms with van der Waals surface area (Å²) in [6.07, 6.45) is 1.04. The molecule has 198 valence electrons. The average molecular weight is 533 g/mol. The molecular weight excluding hydrogens is 502 g/mol. The summed E-state index contributed by atoms with van der Waals surface area (Å²) in [5.41, 5.74) is 0.481. The van der Waals surface area contributed by atoms with Crippen LogP contribution in [0.5, 0.6) is 11.5 Å². The quantitative estimate of drug-likeness (QED) is 0.339. The second-order valence-corrected chi connectivity index (χ2v) is 10.9. The maximum atomic E-state index is 13.8. The predicted octanol–water partition coefficient (Wildman–Crippen LogP) is 4.68. The molecule has 1 aromatic heterocycles. The lowest BCUT2D eigenvalue weighted by atomic mass is 9.76. The topological polar surface area (TPSA) is 89.0 Å². The highest BCUT2D eigenvalue weighted by Gasteiger charge is 2.45. The van der Waals surface area contributed by atoms with Gasteiger partial charge >= 0.3 is 5.97 Å². The van der Waals surface area contributed by atoms with Gasteiger partial charge in [-0.1, -0.05) is 0 Å². The van der Waals surface area contributed by atoms with Crippen LogP contribution in [0.15, 0.2) is 24.3 Å². The van der Waals surface area contributed by atoms with E-state index in [2.05, 4.69) is 9.88 Å². The molecule has 1 heterocycles. The molecule has 0 radical (unpaired) electrons. The van der Waals surface area contributed by atoms with E-state index in [1.807, 2.05) is 26.2 Å². The van der Waals surface area contributed by atoms with Gasteiger partial charge in [0.05, 0.1) is 35.4 Å². The number of carbonyl (C=O) groups excluding carboxylic acids is 1. The number of hydrogen-bond acceptors (Lipinski definition) is 7. The Hall–Kier alpha value is -3.11. The number of ketones is 1. The summed E-state index contributed by atoms with van der Waals surface area (Å²) < 4.78 is 39.8. The molecule has 3 aromatic rings. The Morgan fingerprint density at radius 2 is 1.78 bits per heavy atom. The van der Waals surface area contributed by atoms with Gasteiger partial charge in [0.25, 0.3) is 0 Å². The summed E-state index contributed by atoms with van der Waals surface area (Å²) in [6.45, 7) is 1.44. The number of fused-ring (bicyclic) bond motifs is 2. The first-order valence-electron chi connectivity index (χ1n) is 12.1. The van der Waals surface area contributed by atoms with Crippen molar-refractivity contribution in [3.63, 3.8) is 0 Å². The van der Waals surface area contributed by atoms with Crippen molar-refractivity contribution in [2.45, 2.75) is 38.5 Å². The van der Waals surface area contributed by atoms with Gasteiger partial charge in [-0.15, -0.1) is 11.3 Å². The summed E-state index contributed by atoms with van der Waals surface area (Å²) in [5, 5.41) is 10.2. The molecule has 0 fully saturated rings. The number of carboxylic acids is 1. The first-order valence-corrected chi connectivity index (χ1v) is 12.9. The summed E-state index contributed by atoms with van der Waals surface area (Å²) >= 11 is 1.44. The van der Waals surface area contributed by atoms with Crippen LogP contribution in [0.2, 0.25) is 0 Å². The normalized spacial score (nSPS) is 14.2. The Bertz CT molecular complexity index is 1290. The number of carboxylic acid groups (broad SMARTS) is 1. The molecule has 0 bridgehead atoms. The lowest BCUT2D eigenvalue weighted by Gasteiger charge is -2.25. The Labute approximate surface area is 218 Å². The number of aryl methyl sites for hydroxylation is 1. The van der Waals surface area contributed by atoms with Gasteiger partial charge < -0.3 is 19.5 Å². The smallest absolute Gasteiger partial charge is 0.304 e. The van der Waals surface area contributed by atoms with Crippen LogP contribution in [0.25, 0.3) is 10.2 Å². The van der Waals surface area contributed by atoms with Crippen molar-refractivity contribution >= 4 is 33.3 Å². The Morgan fingerprint density at radius 1 is 1.11 bits per heavy atom. The molecule has 0 amide bonds. The monoisotopic (exact) mass is 532 g/mol. The molecule has 37 heavy (non-hydrogen) atoms. The minimum Gasteiger partial charge on any atom is -0.493 e.